The zero-order chi connectivity index (χ0) is 20.8. The van der Waals surface area contributed by atoms with Gasteiger partial charge in [-0.15, -0.1) is 0 Å². The fourth-order valence-corrected chi connectivity index (χ4v) is 2.71. The van der Waals surface area contributed by atoms with Crippen LogP contribution in [0.5, 0.6) is 11.5 Å². The molecule has 0 fully saturated rings. The van der Waals surface area contributed by atoms with E-state index in [4.69, 9.17) is 9.47 Å². The number of hydrogen-bond donors (Lipinski definition) is 2. The second kappa shape index (κ2) is 8.88. The Morgan fingerprint density at radius 3 is 2.48 bits per heavy atom. The number of methoxy groups -OCH3 is 2. The van der Waals surface area contributed by atoms with Gasteiger partial charge in [0.15, 0.2) is 0 Å². The first-order valence-electron chi connectivity index (χ1n) is 8.87. The molecule has 0 saturated carbocycles. The van der Waals surface area contributed by atoms with Crippen molar-refractivity contribution < 1.29 is 19.1 Å². The molecule has 29 heavy (non-hydrogen) atoms. The van der Waals surface area contributed by atoms with Crippen LogP contribution in [0.1, 0.15) is 26.4 Å². The number of aryl methyl sites for hydroxylation is 1. The first kappa shape index (κ1) is 19.9. The van der Waals surface area contributed by atoms with E-state index in [0.29, 0.717) is 28.4 Å². The van der Waals surface area contributed by atoms with Crippen molar-refractivity contribution in [2.75, 3.05) is 24.9 Å². The van der Waals surface area contributed by atoms with Gasteiger partial charge in [0, 0.05) is 23.5 Å². The minimum absolute atomic E-state index is 0.117. The number of benzene rings is 2. The van der Waals surface area contributed by atoms with E-state index in [0.717, 1.165) is 5.56 Å². The van der Waals surface area contributed by atoms with Gasteiger partial charge in [-0.05, 0) is 48.9 Å². The number of anilines is 2. The molecule has 0 spiro atoms. The highest BCUT2D eigenvalue weighted by molar-refractivity contribution is 6.08. The molecular weight excluding hydrogens is 370 g/mol. The molecule has 0 atom stereocenters. The average molecular weight is 391 g/mol. The van der Waals surface area contributed by atoms with Crippen LogP contribution in [-0.2, 0) is 0 Å². The van der Waals surface area contributed by atoms with E-state index in [1.165, 1.54) is 19.4 Å². The number of amides is 2. The molecule has 0 saturated heterocycles. The number of rotatable bonds is 6. The third-order valence-electron chi connectivity index (χ3n) is 4.19. The van der Waals surface area contributed by atoms with Gasteiger partial charge in [-0.1, -0.05) is 12.1 Å². The van der Waals surface area contributed by atoms with E-state index in [-0.39, 0.29) is 11.6 Å². The molecule has 148 valence electrons. The largest absolute Gasteiger partial charge is 0.497 e. The summed E-state index contributed by atoms with van der Waals surface area (Å²) in [4.78, 5) is 29.3. The topological polar surface area (TPSA) is 89.5 Å². The van der Waals surface area contributed by atoms with Gasteiger partial charge >= 0.3 is 0 Å². The Morgan fingerprint density at radius 1 is 0.897 bits per heavy atom. The summed E-state index contributed by atoms with van der Waals surface area (Å²) in [6.45, 7) is 1.91. The molecule has 3 aromatic rings. The number of nitrogens with zero attached hydrogens (tertiary/aromatic N) is 1. The predicted molar refractivity (Wildman–Crippen MR) is 111 cm³/mol. The molecule has 1 aromatic heterocycles. The molecule has 2 aromatic carbocycles. The van der Waals surface area contributed by atoms with Crippen LogP contribution in [0.25, 0.3) is 0 Å². The monoisotopic (exact) mass is 391 g/mol. The van der Waals surface area contributed by atoms with Crippen LogP contribution in [0, 0.1) is 6.92 Å². The number of hydrogen-bond acceptors (Lipinski definition) is 5. The van der Waals surface area contributed by atoms with Crippen LogP contribution in [-0.4, -0.2) is 31.0 Å². The highest BCUT2D eigenvalue weighted by Crippen LogP contribution is 2.25. The molecule has 0 aliphatic heterocycles. The minimum atomic E-state index is -0.440. The zero-order valence-electron chi connectivity index (χ0n) is 16.4. The van der Waals surface area contributed by atoms with Crippen LogP contribution in [0.3, 0.4) is 0 Å². The fraction of sp³-hybridized carbons (Fsp3) is 0.136. The normalized spacial score (nSPS) is 10.2. The van der Waals surface area contributed by atoms with Crippen molar-refractivity contribution in [2.24, 2.45) is 0 Å². The third kappa shape index (κ3) is 4.90. The van der Waals surface area contributed by atoms with E-state index in [9.17, 15) is 9.59 Å². The molecule has 3 rings (SSSR count). The quantitative estimate of drug-likeness (QED) is 0.665. The van der Waals surface area contributed by atoms with Crippen molar-refractivity contribution in [1.29, 1.82) is 0 Å². The molecule has 0 unspecified atom stereocenters. The van der Waals surface area contributed by atoms with Crippen LogP contribution in [0.4, 0.5) is 11.4 Å². The number of pyridine rings is 1. The van der Waals surface area contributed by atoms with Gasteiger partial charge in [0.2, 0.25) is 0 Å². The summed E-state index contributed by atoms with van der Waals surface area (Å²) in [5.41, 5.74) is 2.52. The number of carbonyl (C=O) groups is 2. The maximum atomic E-state index is 12.6. The Morgan fingerprint density at radius 2 is 1.72 bits per heavy atom. The Kier molecular flexibility index (Phi) is 6.09. The van der Waals surface area contributed by atoms with E-state index >= 15 is 0 Å². The van der Waals surface area contributed by atoms with Crippen molar-refractivity contribution in [3.8, 4) is 11.5 Å². The molecule has 0 aliphatic carbocycles. The Hall–Kier alpha value is -3.87. The zero-order valence-corrected chi connectivity index (χ0v) is 16.4. The summed E-state index contributed by atoms with van der Waals surface area (Å²) in [6, 6.07) is 15.4. The maximum Gasteiger partial charge on any atom is 0.274 e. The van der Waals surface area contributed by atoms with E-state index in [2.05, 4.69) is 15.6 Å². The number of carbonyl (C=O) groups excluding carboxylic acids is 2. The molecule has 7 nitrogen and oxygen atoms in total. The molecular formula is C22H21N3O4. The first-order valence-corrected chi connectivity index (χ1v) is 8.87. The van der Waals surface area contributed by atoms with E-state index < -0.39 is 5.91 Å². The summed E-state index contributed by atoms with van der Waals surface area (Å²) < 4.78 is 10.4. The molecule has 1 heterocycles. The number of aromatic nitrogens is 1. The van der Waals surface area contributed by atoms with Crippen LogP contribution < -0.4 is 20.1 Å². The molecule has 0 aliphatic rings. The lowest BCUT2D eigenvalue weighted by Crippen LogP contribution is -2.17. The Labute approximate surface area is 168 Å². The van der Waals surface area contributed by atoms with Crippen molar-refractivity contribution in [3.63, 3.8) is 0 Å². The first-order chi connectivity index (χ1) is 14.0. The van der Waals surface area contributed by atoms with Crippen molar-refractivity contribution in [1.82, 2.24) is 4.98 Å². The summed E-state index contributed by atoms with van der Waals surface area (Å²) in [5.74, 6) is 0.369. The van der Waals surface area contributed by atoms with Crippen molar-refractivity contribution >= 4 is 23.2 Å². The summed E-state index contributed by atoms with van der Waals surface area (Å²) in [6.07, 6.45) is 1.42. The van der Waals surface area contributed by atoms with Crippen molar-refractivity contribution in [2.45, 2.75) is 6.92 Å². The third-order valence-corrected chi connectivity index (χ3v) is 4.19. The van der Waals surface area contributed by atoms with E-state index in [1.54, 1.807) is 49.6 Å². The Bertz CT molecular complexity index is 1050. The molecule has 2 amide bonds. The standard InChI is InChI=1S/C22H21N3O4/c1-14-7-8-20(29-3)18(11-14)25-22(27)19-12-15(9-10-23-19)21(26)24-16-5-4-6-17(13-16)28-2/h4-13H,1-3H3,(H,24,26)(H,25,27). The van der Waals surface area contributed by atoms with Crippen LogP contribution in [0.15, 0.2) is 60.8 Å². The number of ether oxygens (including phenoxy) is 2. The lowest BCUT2D eigenvalue weighted by Gasteiger charge is -2.11. The van der Waals surface area contributed by atoms with E-state index in [1.807, 2.05) is 13.0 Å². The summed E-state index contributed by atoms with van der Waals surface area (Å²) >= 11 is 0. The van der Waals surface area contributed by atoms with Crippen molar-refractivity contribution in [3.05, 3.63) is 77.6 Å². The second-order valence-electron chi connectivity index (χ2n) is 6.27. The van der Waals surface area contributed by atoms with Gasteiger partial charge in [-0.2, -0.15) is 0 Å². The highest BCUT2D eigenvalue weighted by atomic mass is 16.5. The lowest BCUT2D eigenvalue weighted by atomic mass is 10.1. The molecule has 0 bridgehead atoms. The smallest absolute Gasteiger partial charge is 0.274 e. The lowest BCUT2D eigenvalue weighted by molar-refractivity contribution is 0.102. The van der Waals surface area contributed by atoms with Crippen LogP contribution >= 0.6 is 0 Å². The van der Waals surface area contributed by atoms with Gasteiger partial charge in [0.05, 0.1) is 19.9 Å². The Balaban J connectivity index is 1.77. The predicted octanol–water partition coefficient (Wildman–Crippen LogP) is 3.91. The minimum Gasteiger partial charge on any atom is -0.497 e. The SMILES string of the molecule is COc1cccc(NC(=O)c2ccnc(C(=O)Nc3cc(C)ccc3OC)c2)c1. The summed E-state index contributed by atoms with van der Waals surface area (Å²) in [5, 5.41) is 5.55. The van der Waals surface area contributed by atoms with Gasteiger partial charge in [0.25, 0.3) is 11.8 Å². The second-order valence-corrected chi connectivity index (χ2v) is 6.27. The molecule has 0 radical (unpaired) electrons. The molecule has 7 heteroatoms. The summed E-state index contributed by atoms with van der Waals surface area (Å²) in [7, 11) is 3.08. The van der Waals surface area contributed by atoms with Gasteiger partial charge < -0.3 is 20.1 Å². The maximum absolute atomic E-state index is 12.6. The average Bonchev–Trinajstić information content (AvgIpc) is 2.74. The fourth-order valence-electron chi connectivity index (χ4n) is 2.71. The van der Waals surface area contributed by atoms with Gasteiger partial charge in [-0.3, -0.25) is 14.6 Å². The van der Waals surface area contributed by atoms with Gasteiger partial charge in [-0.25, -0.2) is 0 Å². The van der Waals surface area contributed by atoms with Crippen LogP contribution in [0.2, 0.25) is 0 Å². The number of nitrogens with one attached hydrogen (secondary N) is 2. The molecule has 2 N–H and O–H groups in total. The highest BCUT2D eigenvalue weighted by Gasteiger charge is 2.14. The van der Waals surface area contributed by atoms with Gasteiger partial charge in [0.1, 0.15) is 17.2 Å².